The van der Waals surface area contributed by atoms with Gasteiger partial charge in [0.05, 0.1) is 18.4 Å². The van der Waals surface area contributed by atoms with Crippen molar-refractivity contribution in [1.82, 2.24) is 0 Å². The number of carbonyl (C=O) groups is 4. The van der Waals surface area contributed by atoms with Gasteiger partial charge in [-0.15, -0.1) is 0 Å². The molecule has 0 saturated heterocycles. The topological polar surface area (TPSA) is 140 Å². The van der Waals surface area contributed by atoms with Crippen molar-refractivity contribution in [3.05, 3.63) is 23.8 Å². The van der Waals surface area contributed by atoms with Gasteiger partial charge in [-0.05, 0) is 43.4 Å². The molecule has 0 unspecified atom stereocenters. The summed E-state index contributed by atoms with van der Waals surface area (Å²) >= 11 is 0. The summed E-state index contributed by atoms with van der Waals surface area (Å²) in [6.07, 6.45) is -0.784. The zero-order valence-electron chi connectivity index (χ0n) is 22.2. The van der Waals surface area contributed by atoms with Crippen LogP contribution in [0.25, 0.3) is 0 Å². The van der Waals surface area contributed by atoms with E-state index in [9.17, 15) is 19.2 Å². The molecule has 1 aromatic carbocycles. The van der Waals surface area contributed by atoms with E-state index >= 15 is 0 Å². The van der Waals surface area contributed by atoms with E-state index in [-0.39, 0.29) is 37.1 Å². The summed E-state index contributed by atoms with van der Waals surface area (Å²) in [5, 5.41) is 0. The van der Waals surface area contributed by atoms with E-state index in [1.807, 2.05) is 13.8 Å². The molecule has 10 nitrogen and oxygen atoms in total. The van der Waals surface area contributed by atoms with Crippen LogP contribution in [0.5, 0.6) is 11.5 Å². The van der Waals surface area contributed by atoms with Crippen LogP contribution < -0.4 is 15.2 Å². The molecular formula is C26H39NO9. The Morgan fingerprint density at radius 3 is 1.94 bits per heavy atom. The second-order valence-corrected chi connectivity index (χ2v) is 9.58. The molecule has 0 aliphatic carbocycles. The van der Waals surface area contributed by atoms with Crippen molar-refractivity contribution in [2.45, 2.75) is 73.5 Å². The quantitative estimate of drug-likeness (QED) is 0.308. The molecule has 202 valence electrons. The molecule has 0 radical (unpaired) electrons. The Hall–Kier alpha value is -3.14. The van der Waals surface area contributed by atoms with Crippen LogP contribution in [0.3, 0.4) is 0 Å². The monoisotopic (exact) mass is 509 g/mol. The zero-order chi connectivity index (χ0) is 27.4. The Balaban J connectivity index is 2.74. The number of rotatable bonds is 13. The summed E-state index contributed by atoms with van der Waals surface area (Å²) in [6, 6.07) is 3.56. The summed E-state index contributed by atoms with van der Waals surface area (Å²) in [5.74, 6) is -1.93. The summed E-state index contributed by atoms with van der Waals surface area (Å²) in [4.78, 5) is 48.2. The van der Waals surface area contributed by atoms with Crippen LogP contribution in [-0.4, -0.2) is 49.4 Å². The van der Waals surface area contributed by atoms with Crippen molar-refractivity contribution in [3.63, 3.8) is 0 Å². The molecule has 1 aromatic rings. The smallest absolute Gasteiger partial charge is 0.458 e. The first-order chi connectivity index (χ1) is 16.8. The Bertz CT molecular complexity index is 895. The number of hydrogen-bond donors (Lipinski definition) is 1. The molecule has 0 heterocycles. The molecule has 0 aliphatic heterocycles. The summed E-state index contributed by atoms with van der Waals surface area (Å²) in [5.41, 5.74) is 6.57. The van der Waals surface area contributed by atoms with E-state index < -0.39 is 42.1 Å². The maximum absolute atomic E-state index is 12.4. The van der Waals surface area contributed by atoms with Gasteiger partial charge < -0.3 is 29.4 Å². The maximum atomic E-state index is 12.4. The molecule has 0 amide bonds. The molecule has 0 aromatic heterocycles. The first-order valence-electron chi connectivity index (χ1n) is 12.1. The van der Waals surface area contributed by atoms with Gasteiger partial charge in [0, 0.05) is 0 Å². The largest absolute Gasteiger partial charge is 0.508 e. The molecular weight excluding hydrogens is 470 g/mol. The first kappa shape index (κ1) is 30.9. The average molecular weight is 510 g/mol. The lowest BCUT2D eigenvalue weighted by atomic mass is 10.1. The van der Waals surface area contributed by atoms with E-state index in [0.29, 0.717) is 17.9 Å². The van der Waals surface area contributed by atoms with Crippen molar-refractivity contribution in [3.8, 4) is 11.5 Å². The van der Waals surface area contributed by atoms with Crippen LogP contribution >= 0.6 is 0 Å². The van der Waals surface area contributed by atoms with Gasteiger partial charge in [0.25, 0.3) is 0 Å². The molecule has 36 heavy (non-hydrogen) atoms. The molecule has 10 heteroatoms. The molecule has 0 spiro atoms. The van der Waals surface area contributed by atoms with E-state index in [0.717, 1.165) is 0 Å². The third kappa shape index (κ3) is 11.5. The fourth-order valence-corrected chi connectivity index (χ4v) is 2.56. The minimum Gasteiger partial charge on any atom is -0.458 e. The molecule has 2 N–H and O–H groups in total. The zero-order valence-corrected chi connectivity index (χ0v) is 22.2. The van der Waals surface area contributed by atoms with Gasteiger partial charge in [-0.3, -0.25) is 14.4 Å². The summed E-state index contributed by atoms with van der Waals surface area (Å²) in [6.45, 7) is 12.4. The Kier molecular flexibility index (Phi) is 12.9. The van der Waals surface area contributed by atoms with Crippen LogP contribution in [-0.2, 0) is 35.0 Å². The number of hydrogen-bond acceptors (Lipinski definition) is 10. The SMILES string of the molecule is CC(C)CCOC(=O)OC[C@H](C)OC(=O)[C@@H](N)Cc1ccc(OC(=O)C(C)C)c(OC(=O)C(C)C)c1. The fraction of sp³-hybridized carbons (Fsp3) is 0.615. The minimum atomic E-state index is -1.04. The van der Waals surface area contributed by atoms with Gasteiger partial charge in [0.15, 0.2) is 11.5 Å². The Morgan fingerprint density at radius 1 is 0.806 bits per heavy atom. The second kappa shape index (κ2) is 15.1. The molecule has 2 atom stereocenters. The second-order valence-electron chi connectivity index (χ2n) is 9.58. The van der Waals surface area contributed by atoms with E-state index in [4.69, 9.17) is 29.4 Å². The normalized spacial score (nSPS) is 12.8. The van der Waals surface area contributed by atoms with Crippen molar-refractivity contribution < 1.29 is 42.9 Å². The van der Waals surface area contributed by atoms with Crippen LogP contribution in [0, 0.1) is 17.8 Å². The lowest BCUT2D eigenvalue weighted by Crippen LogP contribution is -2.37. The number of nitrogens with two attached hydrogens (primary N) is 1. The number of esters is 3. The highest BCUT2D eigenvalue weighted by Crippen LogP contribution is 2.30. The number of benzene rings is 1. The summed E-state index contributed by atoms with van der Waals surface area (Å²) < 4.78 is 25.9. The van der Waals surface area contributed by atoms with Gasteiger partial charge in [0.2, 0.25) is 0 Å². The van der Waals surface area contributed by atoms with Crippen molar-refractivity contribution in [2.75, 3.05) is 13.2 Å². The van der Waals surface area contributed by atoms with Crippen LogP contribution in [0.4, 0.5) is 4.79 Å². The number of carbonyl (C=O) groups excluding carboxylic acids is 4. The predicted molar refractivity (Wildman–Crippen MR) is 131 cm³/mol. The van der Waals surface area contributed by atoms with Crippen molar-refractivity contribution in [2.24, 2.45) is 23.5 Å². The summed E-state index contributed by atoms with van der Waals surface area (Å²) in [7, 11) is 0. The maximum Gasteiger partial charge on any atom is 0.508 e. The van der Waals surface area contributed by atoms with Gasteiger partial charge in [-0.1, -0.05) is 47.6 Å². The Labute approximate surface area is 212 Å². The van der Waals surface area contributed by atoms with E-state index in [1.165, 1.54) is 12.1 Å². The third-order valence-corrected chi connectivity index (χ3v) is 4.80. The highest BCUT2D eigenvalue weighted by molar-refractivity contribution is 5.78. The van der Waals surface area contributed by atoms with Gasteiger partial charge in [-0.2, -0.15) is 0 Å². The third-order valence-electron chi connectivity index (χ3n) is 4.80. The molecule has 0 saturated carbocycles. The molecule has 0 bridgehead atoms. The number of ether oxygens (including phenoxy) is 5. The van der Waals surface area contributed by atoms with Gasteiger partial charge in [0.1, 0.15) is 18.8 Å². The first-order valence-corrected chi connectivity index (χ1v) is 12.1. The Morgan fingerprint density at radius 2 is 1.39 bits per heavy atom. The minimum absolute atomic E-state index is 0.0542. The average Bonchev–Trinajstić information content (AvgIpc) is 2.78. The van der Waals surface area contributed by atoms with Crippen molar-refractivity contribution in [1.29, 1.82) is 0 Å². The standard InChI is InChI=1S/C26H39NO9/c1-15(2)10-11-32-26(31)33-14-18(7)34-25(30)20(27)12-19-8-9-21(35-23(28)16(3)4)22(13-19)36-24(29)17(5)6/h8-9,13,15-18,20H,10-12,14,27H2,1-7H3/t18-,20-/m0/s1. The molecule has 1 rings (SSSR count). The highest BCUT2D eigenvalue weighted by atomic mass is 16.7. The van der Waals surface area contributed by atoms with Gasteiger partial charge >= 0.3 is 24.1 Å². The van der Waals surface area contributed by atoms with Crippen LogP contribution in [0.2, 0.25) is 0 Å². The van der Waals surface area contributed by atoms with Crippen molar-refractivity contribution >= 4 is 24.1 Å². The fourth-order valence-electron chi connectivity index (χ4n) is 2.56. The molecule has 0 fully saturated rings. The van der Waals surface area contributed by atoms with Crippen LogP contribution in [0.15, 0.2) is 18.2 Å². The lowest BCUT2D eigenvalue weighted by molar-refractivity contribution is -0.152. The predicted octanol–water partition coefficient (Wildman–Crippen LogP) is 3.81. The van der Waals surface area contributed by atoms with Crippen LogP contribution in [0.1, 0.15) is 60.5 Å². The highest BCUT2D eigenvalue weighted by Gasteiger charge is 2.22. The van der Waals surface area contributed by atoms with Gasteiger partial charge in [-0.25, -0.2) is 4.79 Å². The lowest BCUT2D eigenvalue weighted by Gasteiger charge is -2.18. The van der Waals surface area contributed by atoms with E-state index in [1.54, 1.807) is 40.7 Å². The van der Waals surface area contributed by atoms with E-state index in [2.05, 4.69) is 0 Å². The molecule has 0 aliphatic rings.